The minimum atomic E-state index is 1.15. The first kappa shape index (κ1) is 11.6. The van der Waals surface area contributed by atoms with Gasteiger partial charge in [0, 0.05) is 24.9 Å². The summed E-state index contributed by atoms with van der Waals surface area (Å²) in [6.45, 7) is 2.13. The molecule has 0 aliphatic heterocycles. The van der Waals surface area contributed by atoms with Crippen molar-refractivity contribution in [3.8, 4) is 0 Å². The van der Waals surface area contributed by atoms with Crippen LogP contribution in [-0.2, 0) is 0 Å². The Morgan fingerprint density at radius 2 is 1.59 bits per heavy atom. The van der Waals surface area contributed by atoms with E-state index in [0.717, 1.165) is 5.56 Å². The SMILES string of the molecule is CN=Cc1ccccc1[NH2+]c1ccccc1C. The summed E-state index contributed by atoms with van der Waals surface area (Å²) >= 11 is 0. The number of rotatable bonds is 3. The highest BCUT2D eigenvalue weighted by Crippen LogP contribution is 2.12. The van der Waals surface area contributed by atoms with Crippen molar-refractivity contribution in [2.45, 2.75) is 6.92 Å². The van der Waals surface area contributed by atoms with Crippen molar-refractivity contribution in [3.63, 3.8) is 0 Å². The molecule has 2 aromatic rings. The van der Waals surface area contributed by atoms with Crippen LogP contribution in [0.3, 0.4) is 0 Å². The van der Waals surface area contributed by atoms with E-state index in [9.17, 15) is 0 Å². The number of nitrogens with two attached hydrogens (primary N) is 1. The van der Waals surface area contributed by atoms with Crippen molar-refractivity contribution in [1.29, 1.82) is 0 Å². The number of aliphatic imine (C=N–C) groups is 1. The fourth-order valence-corrected chi connectivity index (χ4v) is 1.82. The van der Waals surface area contributed by atoms with E-state index >= 15 is 0 Å². The molecule has 2 N–H and O–H groups in total. The number of nitrogens with zero attached hydrogens (tertiary/aromatic N) is 1. The summed E-state index contributed by atoms with van der Waals surface area (Å²) in [7, 11) is 1.80. The molecule has 0 bridgehead atoms. The van der Waals surface area contributed by atoms with Crippen LogP contribution in [0.1, 0.15) is 11.1 Å². The molecule has 17 heavy (non-hydrogen) atoms. The van der Waals surface area contributed by atoms with Crippen molar-refractivity contribution in [2.75, 3.05) is 7.05 Å². The molecule has 86 valence electrons. The molecule has 0 unspecified atom stereocenters. The lowest BCUT2D eigenvalue weighted by molar-refractivity contribution is -0.479. The van der Waals surface area contributed by atoms with Crippen LogP contribution < -0.4 is 5.32 Å². The predicted octanol–water partition coefficient (Wildman–Crippen LogP) is 2.57. The molecule has 0 heterocycles. The monoisotopic (exact) mass is 225 g/mol. The summed E-state index contributed by atoms with van der Waals surface area (Å²) in [4.78, 5) is 4.09. The highest BCUT2D eigenvalue weighted by molar-refractivity contribution is 5.85. The van der Waals surface area contributed by atoms with Crippen molar-refractivity contribution in [1.82, 2.24) is 0 Å². The molecule has 0 saturated carbocycles. The molecule has 0 spiro atoms. The van der Waals surface area contributed by atoms with Crippen LogP contribution in [0.15, 0.2) is 53.5 Å². The fourth-order valence-electron chi connectivity index (χ4n) is 1.82. The molecule has 0 aromatic heterocycles. The predicted molar refractivity (Wildman–Crippen MR) is 72.4 cm³/mol. The summed E-state index contributed by atoms with van der Waals surface area (Å²) in [5, 5.41) is 2.20. The van der Waals surface area contributed by atoms with Crippen LogP contribution >= 0.6 is 0 Å². The quantitative estimate of drug-likeness (QED) is 0.614. The van der Waals surface area contributed by atoms with E-state index in [1.165, 1.54) is 16.9 Å². The third-order valence-electron chi connectivity index (χ3n) is 2.76. The number of quaternary nitrogens is 1. The maximum absolute atomic E-state index is 4.09. The minimum absolute atomic E-state index is 1.15. The third kappa shape index (κ3) is 2.80. The first-order chi connectivity index (χ1) is 8.31. The van der Waals surface area contributed by atoms with Crippen LogP contribution in [0, 0.1) is 6.92 Å². The van der Waals surface area contributed by atoms with Crippen molar-refractivity contribution >= 4 is 17.6 Å². The molecule has 0 aliphatic rings. The van der Waals surface area contributed by atoms with E-state index < -0.39 is 0 Å². The molecule has 0 atom stereocenters. The van der Waals surface area contributed by atoms with E-state index in [0.29, 0.717) is 0 Å². The normalized spacial score (nSPS) is 10.9. The zero-order valence-corrected chi connectivity index (χ0v) is 10.2. The lowest BCUT2D eigenvalue weighted by atomic mass is 10.1. The second-order valence-electron chi connectivity index (χ2n) is 4.02. The molecule has 2 aromatic carbocycles. The average Bonchev–Trinajstić information content (AvgIpc) is 2.35. The number of hydrogen-bond acceptors (Lipinski definition) is 1. The van der Waals surface area contributed by atoms with Crippen LogP contribution in [0.2, 0.25) is 0 Å². The molecule has 0 amide bonds. The molecule has 0 aliphatic carbocycles. The van der Waals surface area contributed by atoms with Gasteiger partial charge in [0.1, 0.15) is 11.4 Å². The van der Waals surface area contributed by atoms with Crippen LogP contribution in [0.4, 0.5) is 11.4 Å². The van der Waals surface area contributed by atoms with Gasteiger partial charge in [0.15, 0.2) is 0 Å². The molecular weight excluding hydrogens is 208 g/mol. The summed E-state index contributed by atoms with van der Waals surface area (Å²) in [5.74, 6) is 0. The highest BCUT2D eigenvalue weighted by Gasteiger charge is 2.06. The number of benzene rings is 2. The van der Waals surface area contributed by atoms with Crippen molar-refractivity contribution in [2.24, 2.45) is 4.99 Å². The summed E-state index contributed by atoms with van der Waals surface area (Å²) in [6.07, 6.45) is 1.89. The van der Waals surface area contributed by atoms with Crippen LogP contribution in [-0.4, -0.2) is 13.3 Å². The van der Waals surface area contributed by atoms with Gasteiger partial charge >= 0.3 is 0 Å². The largest absolute Gasteiger partial charge is 0.296 e. The Morgan fingerprint density at radius 1 is 0.941 bits per heavy atom. The smallest absolute Gasteiger partial charge is 0.143 e. The summed E-state index contributed by atoms with van der Waals surface area (Å²) in [5.41, 5.74) is 4.89. The first-order valence-electron chi connectivity index (χ1n) is 5.73. The van der Waals surface area contributed by atoms with Gasteiger partial charge in [-0.15, -0.1) is 0 Å². The van der Waals surface area contributed by atoms with Gasteiger partial charge < -0.3 is 0 Å². The van der Waals surface area contributed by atoms with Gasteiger partial charge in [0.25, 0.3) is 0 Å². The van der Waals surface area contributed by atoms with Gasteiger partial charge in [0.2, 0.25) is 0 Å². The first-order valence-corrected chi connectivity index (χ1v) is 5.73. The zero-order valence-electron chi connectivity index (χ0n) is 10.2. The standard InChI is InChI=1S/C15H16N2/c1-12-7-3-5-9-14(12)17-15-10-6-4-8-13(15)11-16-2/h3-11,17H,1-2H3/p+1. The van der Waals surface area contributed by atoms with Crippen molar-refractivity contribution in [3.05, 3.63) is 59.7 Å². The Morgan fingerprint density at radius 3 is 2.29 bits per heavy atom. The van der Waals surface area contributed by atoms with E-state index in [-0.39, 0.29) is 0 Å². The molecule has 2 nitrogen and oxygen atoms in total. The van der Waals surface area contributed by atoms with Gasteiger partial charge in [0.05, 0.1) is 5.56 Å². The minimum Gasteiger partial charge on any atom is -0.296 e. The second kappa shape index (κ2) is 5.41. The number of para-hydroxylation sites is 2. The Hall–Kier alpha value is -1.93. The van der Waals surface area contributed by atoms with E-state index in [2.05, 4.69) is 59.7 Å². The maximum Gasteiger partial charge on any atom is 0.143 e. The van der Waals surface area contributed by atoms with Crippen molar-refractivity contribution < 1.29 is 5.32 Å². The highest BCUT2D eigenvalue weighted by atomic mass is 14.9. The summed E-state index contributed by atoms with van der Waals surface area (Å²) < 4.78 is 0. The Balaban J connectivity index is 2.33. The molecule has 0 saturated heterocycles. The van der Waals surface area contributed by atoms with Crippen LogP contribution in [0.5, 0.6) is 0 Å². The summed E-state index contributed by atoms with van der Waals surface area (Å²) in [6, 6.07) is 16.7. The zero-order chi connectivity index (χ0) is 12.1. The van der Waals surface area contributed by atoms with Gasteiger partial charge in [-0.05, 0) is 19.1 Å². The van der Waals surface area contributed by atoms with E-state index in [4.69, 9.17) is 0 Å². The molecular formula is C15H17N2+. The molecule has 0 radical (unpaired) electrons. The third-order valence-corrected chi connectivity index (χ3v) is 2.76. The molecule has 0 fully saturated rings. The van der Waals surface area contributed by atoms with E-state index in [1.54, 1.807) is 7.05 Å². The lowest BCUT2D eigenvalue weighted by Crippen LogP contribution is -2.71. The fraction of sp³-hybridized carbons (Fsp3) is 0.133. The van der Waals surface area contributed by atoms with Crippen LogP contribution in [0.25, 0.3) is 0 Å². The number of aryl methyl sites for hydroxylation is 1. The van der Waals surface area contributed by atoms with Gasteiger partial charge in [-0.1, -0.05) is 30.3 Å². The Bertz CT molecular complexity index is 530. The van der Waals surface area contributed by atoms with Gasteiger partial charge in [-0.25, -0.2) is 0 Å². The van der Waals surface area contributed by atoms with Gasteiger partial charge in [-0.2, -0.15) is 0 Å². The molecule has 2 heteroatoms. The van der Waals surface area contributed by atoms with Gasteiger partial charge in [-0.3, -0.25) is 10.3 Å². The second-order valence-corrected chi connectivity index (χ2v) is 4.02. The Labute approximate surface area is 102 Å². The average molecular weight is 225 g/mol. The van der Waals surface area contributed by atoms with E-state index in [1.807, 2.05) is 12.3 Å². The Kier molecular flexibility index (Phi) is 3.68. The maximum atomic E-state index is 4.09. The molecule has 2 rings (SSSR count). The number of hydrogen-bond donors (Lipinski definition) is 1. The lowest BCUT2D eigenvalue weighted by Gasteiger charge is -2.05. The topological polar surface area (TPSA) is 29.0 Å².